The number of nitrogens with one attached hydrogen (secondary N) is 1. The summed E-state index contributed by atoms with van der Waals surface area (Å²) in [6.45, 7) is 4.55. The fraction of sp³-hybridized carbons (Fsp3) is 0.389. The summed E-state index contributed by atoms with van der Waals surface area (Å²) in [5.41, 5.74) is 1.82. The third-order valence-corrected chi connectivity index (χ3v) is 5.62. The van der Waals surface area contributed by atoms with Crippen LogP contribution >= 0.6 is 11.3 Å². The van der Waals surface area contributed by atoms with E-state index >= 15 is 0 Å². The van der Waals surface area contributed by atoms with Crippen molar-refractivity contribution in [1.29, 1.82) is 0 Å². The van der Waals surface area contributed by atoms with Gasteiger partial charge in [0.2, 0.25) is 5.91 Å². The van der Waals surface area contributed by atoms with Gasteiger partial charge in [-0.1, -0.05) is 18.2 Å². The molecular formula is C18H21N3O3S. The molecule has 1 aliphatic heterocycles. The predicted molar refractivity (Wildman–Crippen MR) is 97.7 cm³/mol. The minimum atomic E-state index is -0.447. The van der Waals surface area contributed by atoms with Crippen molar-refractivity contribution in [3.05, 3.63) is 61.8 Å². The molecule has 1 aliphatic rings. The van der Waals surface area contributed by atoms with Crippen molar-refractivity contribution in [3.63, 3.8) is 0 Å². The zero-order chi connectivity index (χ0) is 17.8. The maximum absolute atomic E-state index is 12.2. The Morgan fingerprint density at radius 2 is 2.20 bits per heavy atom. The molecule has 7 heteroatoms. The van der Waals surface area contributed by atoms with Crippen molar-refractivity contribution in [2.24, 2.45) is 0 Å². The summed E-state index contributed by atoms with van der Waals surface area (Å²) in [6, 6.07) is 8.77. The summed E-state index contributed by atoms with van der Waals surface area (Å²) in [4.78, 5) is 26.6. The van der Waals surface area contributed by atoms with E-state index in [1.54, 1.807) is 18.2 Å². The molecule has 2 heterocycles. The zero-order valence-corrected chi connectivity index (χ0v) is 14.9. The van der Waals surface area contributed by atoms with Crippen molar-refractivity contribution in [3.8, 4) is 0 Å². The van der Waals surface area contributed by atoms with E-state index in [0.717, 1.165) is 19.5 Å². The number of fused-ring (bicyclic) bond motifs is 1. The number of carbonyl (C=O) groups is 1. The number of nitrogens with zero attached hydrogens (tertiary/aromatic N) is 2. The lowest BCUT2D eigenvalue weighted by molar-refractivity contribution is -0.385. The molecule has 0 spiro atoms. The Morgan fingerprint density at radius 1 is 1.40 bits per heavy atom. The minimum Gasteiger partial charge on any atom is -0.354 e. The summed E-state index contributed by atoms with van der Waals surface area (Å²) >= 11 is 1.81. The SMILES string of the molecule is C[C@H](CNC(=O)Cc1ccccc1[N+](=O)[O-])N1CCc2sccc2C1. The van der Waals surface area contributed by atoms with Crippen LogP contribution in [-0.2, 0) is 24.2 Å². The first-order valence-electron chi connectivity index (χ1n) is 8.33. The van der Waals surface area contributed by atoms with Gasteiger partial charge in [-0.25, -0.2) is 0 Å². The number of nitro groups is 1. The van der Waals surface area contributed by atoms with Gasteiger partial charge in [-0.2, -0.15) is 0 Å². The number of hydrogen-bond donors (Lipinski definition) is 1. The van der Waals surface area contributed by atoms with Crippen LogP contribution in [0.15, 0.2) is 35.7 Å². The molecule has 1 aromatic heterocycles. The Labute approximate surface area is 150 Å². The van der Waals surface area contributed by atoms with Crippen LogP contribution in [0.4, 0.5) is 5.69 Å². The van der Waals surface area contributed by atoms with Crippen LogP contribution in [0.5, 0.6) is 0 Å². The molecule has 25 heavy (non-hydrogen) atoms. The molecule has 0 bridgehead atoms. The first-order valence-corrected chi connectivity index (χ1v) is 9.21. The predicted octanol–water partition coefficient (Wildman–Crippen LogP) is 2.76. The van der Waals surface area contributed by atoms with E-state index in [0.29, 0.717) is 12.1 Å². The van der Waals surface area contributed by atoms with Crippen molar-refractivity contribution < 1.29 is 9.72 Å². The van der Waals surface area contributed by atoms with E-state index in [1.807, 2.05) is 11.3 Å². The normalized spacial score (nSPS) is 15.4. The van der Waals surface area contributed by atoms with Gasteiger partial charge in [0.25, 0.3) is 5.69 Å². The molecule has 1 amide bonds. The summed E-state index contributed by atoms with van der Waals surface area (Å²) in [5.74, 6) is -0.186. The van der Waals surface area contributed by atoms with Gasteiger partial charge in [-0.05, 0) is 30.4 Å². The van der Waals surface area contributed by atoms with E-state index in [1.165, 1.54) is 16.5 Å². The molecular weight excluding hydrogens is 338 g/mol. The quantitative estimate of drug-likeness (QED) is 0.636. The smallest absolute Gasteiger partial charge is 0.273 e. The summed E-state index contributed by atoms with van der Waals surface area (Å²) in [5, 5.41) is 16.1. The first-order chi connectivity index (χ1) is 12.0. The summed E-state index contributed by atoms with van der Waals surface area (Å²) in [6.07, 6.45) is 1.08. The molecule has 0 aliphatic carbocycles. The van der Waals surface area contributed by atoms with Gasteiger partial charge < -0.3 is 5.32 Å². The number of benzene rings is 1. The second-order valence-electron chi connectivity index (χ2n) is 6.31. The number of nitro benzene ring substituents is 1. The molecule has 132 valence electrons. The highest BCUT2D eigenvalue weighted by Crippen LogP contribution is 2.25. The summed E-state index contributed by atoms with van der Waals surface area (Å²) < 4.78 is 0. The van der Waals surface area contributed by atoms with E-state index < -0.39 is 4.92 Å². The van der Waals surface area contributed by atoms with Crippen molar-refractivity contribution in [2.75, 3.05) is 13.1 Å². The van der Waals surface area contributed by atoms with Crippen molar-refractivity contribution in [2.45, 2.75) is 32.4 Å². The average Bonchev–Trinajstić information content (AvgIpc) is 3.07. The largest absolute Gasteiger partial charge is 0.354 e. The number of thiophene rings is 1. The molecule has 0 radical (unpaired) electrons. The highest BCUT2D eigenvalue weighted by molar-refractivity contribution is 7.10. The van der Waals surface area contributed by atoms with Gasteiger partial charge in [-0.3, -0.25) is 19.8 Å². The third kappa shape index (κ3) is 4.24. The molecule has 1 aromatic carbocycles. The zero-order valence-electron chi connectivity index (χ0n) is 14.1. The second kappa shape index (κ2) is 7.76. The van der Waals surface area contributed by atoms with Gasteiger partial charge in [0, 0.05) is 42.2 Å². The maximum atomic E-state index is 12.2. The topological polar surface area (TPSA) is 75.5 Å². The molecule has 6 nitrogen and oxygen atoms in total. The third-order valence-electron chi connectivity index (χ3n) is 4.59. The monoisotopic (exact) mass is 359 g/mol. The fourth-order valence-electron chi connectivity index (χ4n) is 3.11. The molecule has 0 saturated carbocycles. The van der Waals surface area contributed by atoms with Gasteiger partial charge in [0.05, 0.1) is 11.3 Å². The number of hydrogen-bond acceptors (Lipinski definition) is 5. The van der Waals surface area contributed by atoms with Crippen molar-refractivity contribution in [1.82, 2.24) is 10.2 Å². The van der Waals surface area contributed by atoms with E-state index in [2.05, 4.69) is 28.6 Å². The second-order valence-corrected chi connectivity index (χ2v) is 7.31. The van der Waals surface area contributed by atoms with Gasteiger partial charge in [-0.15, -0.1) is 11.3 Å². The van der Waals surface area contributed by atoms with E-state index in [-0.39, 0.29) is 24.1 Å². The van der Waals surface area contributed by atoms with Crippen LogP contribution in [0.2, 0.25) is 0 Å². The van der Waals surface area contributed by atoms with Gasteiger partial charge in [0.15, 0.2) is 0 Å². The maximum Gasteiger partial charge on any atom is 0.273 e. The van der Waals surface area contributed by atoms with Gasteiger partial charge in [0.1, 0.15) is 0 Å². The molecule has 0 fully saturated rings. The van der Waals surface area contributed by atoms with Crippen LogP contribution < -0.4 is 5.32 Å². The lowest BCUT2D eigenvalue weighted by atomic mass is 10.1. The van der Waals surface area contributed by atoms with Crippen LogP contribution in [0.1, 0.15) is 22.9 Å². The number of rotatable bonds is 6. The van der Waals surface area contributed by atoms with E-state index in [9.17, 15) is 14.9 Å². The standard InChI is InChI=1S/C18H21N3O3S/c1-13(20-8-6-17-15(12-20)7-9-25-17)11-19-18(22)10-14-4-2-3-5-16(14)21(23)24/h2-5,7,9,13H,6,8,10-12H2,1H3,(H,19,22)/t13-/m1/s1. The van der Waals surface area contributed by atoms with Crippen molar-refractivity contribution >= 4 is 22.9 Å². The highest BCUT2D eigenvalue weighted by Gasteiger charge is 2.22. The fourth-order valence-corrected chi connectivity index (χ4v) is 4.00. The Kier molecular flexibility index (Phi) is 5.45. The number of carbonyl (C=O) groups excluding carboxylic acids is 1. The molecule has 2 aromatic rings. The molecule has 1 atom stereocenters. The Morgan fingerprint density at radius 3 is 3.00 bits per heavy atom. The van der Waals surface area contributed by atoms with Crippen LogP contribution in [0, 0.1) is 10.1 Å². The van der Waals surface area contributed by atoms with Crippen LogP contribution in [-0.4, -0.2) is 34.9 Å². The molecule has 3 rings (SSSR count). The van der Waals surface area contributed by atoms with Crippen LogP contribution in [0.25, 0.3) is 0 Å². The lowest BCUT2D eigenvalue weighted by Gasteiger charge is -2.32. The number of amides is 1. The molecule has 0 saturated heterocycles. The van der Waals surface area contributed by atoms with E-state index in [4.69, 9.17) is 0 Å². The Balaban J connectivity index is 1.52. The van der Waals surface area contributed by atoms with Gasteiger partial charge >= 0.3 is 0 Å². The molecule has 1 N–H and O–H groups in total. The highest BCUT2D eigenvalue weighted by atomic mass is 32.1. The Bertz CT molecular complexity index is 774. The lowest BCUT2D eigenvalue weighted by Crippen LogP contribution is -2.44. The number of para-hydroxylation sites is 1. The molecule has 0 unspecified atom stereocenters. The minimum absolute atomic E-state index is 0.00767. The Hall–Kier alpha value is -2.25. The first kappa shape index (κ1) is 17.6. The summed E-state index contributed by atoms with van der Waals surface area (Å²) in [7, 11) is 0. The van der Waals surface area contributed by atoms with Crippen LogP contribution in [0.3, 0.4) is 0 Å². The average molecular weight is 359 g/mol.